The van der Waals surface area contributed by atoms with Crippen LogP contribution in [0.1, 0.15) is 50.0 Å². The minimum Gasteiger partial charge on any atom is -0.489 e. The second kappa shape index (κ2) is 11.5. The summed E-state index contributed by atoms with van der Waals surface area (Å²) in [6.07, 6.45) is 2.28. The van der Waals surface area contributed by atoms with Gasteiger partial charge in [-0.25, -0.2) is 13.4 Å². The topological polar surface area (TPSA) is 117 Å². The Balaban J connectivity index is 1.45. The Morgan fingerprint density at radius 3 is 2.54 bits per heavy atom. The number of amides is 1. The lowest BCUT2D eigenvalue weighted by Crippen LogP contribution is -2.37. The molecule has 10 nitrogen and oxygen atoms in total. The SMILES string of the molecule is CC(C)Oc1cc2c(cc1Nc1ncc(Cl)c(Nc3ccccc3S(=O)(=O)C(C)C)n1)C(=O)N([C@H]1CCN(C)C1)C2. The van der Waals surface area contributed by atoms with Gasteiger partial charge < -0.3 is 25.2 Å². The van der Waals surface area contributed by atoms with Crippen molar-refractivity contribution in [1.82, 2.24) is 19.8 Å². The van der Waals surface area contributed by atoms with Gasteiger partial charge in [-0.2, -0.15) is 4.98 Å². The fourth-order valence-corrected chi connectivity index (χ4v) is 6.45. The van der Waals surface area contributed by atoms with Crippen LogP contribution in [0.5, 0.6) is 5.75 Å². The molecule has 1 aromatic heterocycles. The van der Waals surface area contributed by atoms with Crippen LogP contribution in [-0.4, -0.2) is 71.6 Å². The highest BCUT2D eigenvalue weighted by Crippen LogP contribution is 2.38. The first-order valence-electron chi connectivity index (χ1n) is 13.7. The molecule has 2 aromatic carbocycles. The number of benzene rings is 2. The zero-order valence-electron chi connectivity index (χ0n) is 23.8. The molecule has 0 radical (unpaired) electrons. The van der Waals surface area contributed by atoms with E-state index in [0.717, 1.165) is 25.1 Å². The average molecular weight is 599 g/mol. The van der Waals surface area contributed by atoms with E-state index in [1.54, 1.807) is 44.2 Å². The van der Waals surface area contributed by atoms with Crippen LogP contribution in [0.25, 0.3) is 0 Å². The summed E-state index contributed by atoms with van der Waals surface area (Å²) in [6, 6.07) is 10.5. The Kier molecular flexibility index (Phi) is 8.13. The summed E-state index contributed by atoms with van der Waals surface area (Å²) in [7, 11) is -1.49. The van der Waals surface area contributed by atoms with Crippen molar-refractivity contribution in [3.63, 3.8) is 0 Å². The molecule has 1 fully saturated rings. The van der Waals surface area contributed by atoms with E-state index in [4.69, 9.17) is 16.3 Å². The van der Waals surface area contributed by atoms with Crippen LogP contribution in [0.15, 0.2) is 47.5 Å². The van der Waals surface area contributed by atoms with Gasteiger partial charge in [0.05, 0.1) is 33.8 Å². The van der Waals surface area contributed by atoms with Gasteiger partial charge >= 0.3 is 0 Å². The zero-order chi connectivity index (χ0) is 29.5. The molecule has 0 aliphatic carbocycles. The summed E-state index contributed by atoms with van der Waals surface area (Å²) < 4.78 is 32.0. The quantitative estimate of drug-likeness (QED) is 0.341. The first-order chi connectivity index (χ1) is 19.4. The maximum atomic E-state index is 13.4. The first-order valence-corrected chi connectivity index (χ1v) is 15.6. The minimum absolute atomic E-state index is 0.00166. The largest absolute Gasteiger partial charge is 0.489 e. The van der Waals surface area contributed by atoms with Gasteiger partial charge in [0.2, 0.25) is 5.95 Å². The standard InChI is InChI=1S/C29H35ClN6O4S/c1-17(2)40-25-12-19-15-36(20-10-11-35(5)16-20)28(37)21(19)13-24(25)33-29-31-14-22(30)27(34-29)32-23-8-6-7-9-26(23)41(38,39)18(3)4/h6-9,12-14,17-18,20H,10-11,15-16H2,1-5H3,(H2,31,32,33,34)/t20-/m0/s1. The summed E-state index contributed by atoms with van der Waals surface area (Å²) >= 11 is 6.42. The molecule has 3 heterocycles. The number of carbonyl (C=O) groups excluding carboxylic acids is 1. The molecule has 2 aliphatic heterocycles. The molecular weight excluding hydrogens is 564 g/mol. The normalized spacial score (nSPS) is 17.4. The number of ether oxygens (including phenoxy) is 1. The highest BCUT2D eigenvalue weighted by Gasteiger charge is 2.36. The van der Waals surface area contributed by atoms with Crippen molar-refractivity contribution >= 4 is 50.5 Å². The molecule has 1 saturated heterocycles. The predicted octanol–water partition coefficient (Wildman–Crippen LogP) is 5.25. The molecule has 2 aliphatic rings. The second-order valence-corrected chi connectivity index (χ2v) is 13.9. The Hall–Kier alpha value is -3.41. The van der Waals surface area contributed by atoms with E-state index in [0.29, 0.717) is 29.2 Å². The van der Waals surface area contributed by atoms with Crippen LogP contribution in [0, 0.1) is 0 Å². The lowest BCUT2D eigenvalue weighted by Gasteiger charge is -2.23. The van der Waals surface area contributed by atoms with Crippen LogP contribution in [0.2, 0.25) is 5.02 Å². The molecule has 0 spiro atoms. The maximum Gasteiger partial charge on any atom is 0.254 e. The number of likely N-dealkylation sites (tertiary alicyclic amines) is 1. The van der Waals surface area contributed by atoms with Crippen LogP contribution in [-0.2, 0) is 16.4 Å². The van der Waals surface area contributed by atoms with Crippen molar-refractivity contribution in [2.45, 2.75) is 63.0 Å². The zero-order valence-corrected chi connectivity index (χ0v) is 25.4. The number of carbonyl (C=O) groups is 1. The highest BCUT2D eigenvalue weighted by atomic mass is 35.5. The number of likely N-dealkylation sites (N-methyl/N-ethyl adjacent to an activating group) is 1. The number of anilines is 4. The van der Waals surface area contributed by atoms with E-state index >= 15 is 0 Å². The number of nitrogens with one attached hydrogen (secondary N) is 2. The monoisotopic (exact) mass is 598 g/mol. The summed E-state index contributed by atoms with van der Waals surface area (Å²) in [6.45, 7) is 9.52. The Morgan fingerprint density at radius 2 is 1.85 bits per heavy atom. The summed E-state index contributed by atoms with van der Waals surface area (Å²) in [5.41, 5.74) is 2.45. The fourth-order valence-electron chi connectivity index (χ4n) is 5.11. The van der Waals surface area contributed by atoms with Crippen molar-refractivity contribution in [3.05, 3.63) is 58.7 Å². The molecule has 5 rings (SSSR count). The Bertz CT molecular complexity index is 1580. The van der Waals surface area contributed by atoms with Gasteiger partial charge in [0, 0.05) is 24.7 Å². The smallest absolute Gasteiger partial charge is 0.254 e. The molecule has 0 unspecified atom stereocenters. The number of aromatic nitrogens is 2. The van der Waals surface area contributed by atoms with Gasteiger partial charge in [-0.15, -0.1) is 0 Å². The van der Waals surface area contributed by atoms with E-state index in [2.05, 4.69) is 32.5 Å². The third-order valence-electron chi connectivity index (χ3n) is 7.27. The molecule has 1 amide bonds. The number of hydrogen-bond donors (Lipinski definition) is 2. The number of hydrogen-bond acceptors (Lipinski definition) is 9. The van der Waals surface area contributed by atoms with Crippen LogP contribution >= 0.6 is 11.6 Å². The summed E-state index contributed by atoms with van der Waals surface area (Å²) in [5, 5.41) is 5.87. The Morgan fingerprint density at radius 1 is 1.10 bits per heavy atom. The predicted molar refractivity (Wildman–Crippen MR) is 160 cm³/mol. The molecule has 41 heavy (non-hydrogen) atoms. The van der Waals surface area contributed by atoms with E-state index < -0.39 is 15.1 Å². The molecule has 12 heteroatoms. The van der Waals surface area contributed by atoms with E-state index in [-0.39, 0.29) is 39.7 Å². The third kappa shape index (κ3) is 5.98. The Labute approximate surface area is 246 Å². The molecular formula is C29H35ClN6O4S. The van der Waals surface area contributed by atoms with Crippen molar-refractivity contribution in [1.29, 1.82) is 0 Å². The molecule has 2 N–H and O–H groups in total. The van der Waals surface area contributed by atoms with Gasteiger partial charge in [0.15, 0.2) is 15.7 Å². The van der Waals surface area contributed by atoms with Gasteiger partial charge in [-0.05, 0) is 77.5 Å². The van der Waals surface area contributed by atoms with Crippen LogP contribution in [0.3, 0.4) is 0 Å². The van der Waals surface area contributed by atoms with Crippen molar-refractivity contribution in [3.8, 4) is 5.75 Å². The molecule has 0 saturated carbocycles. The van der Waals surface area contributed by atoms with Crippen molar-refractivity contribution in [2.24, 2.45) is 0 Å². The highest BCUT2D eigenvalue weighted by molar-refractivity contribution is 7.92. The van der Waals surface area contributed by atoms with E-state index in [1.807, 2.05) is 24.8 Å². The van der Waals surface area contributed by atoms with Crippen LogP contribution in [0.4, 0.5) is 23.1 Å². The lowest BCUT2D eigenvalue weighted by atomic mass is 10.1. The fraction of sp³-hybridized carbons (Fsp3) is 0.414. The van der Waals surface area contributed by atoms with Gasteiger partial charge in [-0.3, -0.25) is 4.79 Å². The van der Waals surface area contributed by atoms with Gasteiger partial charge in [0.1, 0.15) is 10.8 Å². The van der Waals surface area contributed by atoms with Crippen molar-refractivity contribution in [2.75, 3.05) is 30.8 Å². The van der Waals surface area contributed by atoms with Crippen molar-refractivity contribution < 1.29 is 17.9 Å². The van der Waals surface area contributed by atoms with E-state index in [9.17, 15) is 13.2 Å². The molecule has 0 bridgehead atoms. The first kappa shape index (κ1) is 29.1. The van der Waals surface area contributed by atoms with Gasteiger partial charge in [0.25, 0.3) is 5.91 Å². The average Bonchev–Trinajstić information content (AvgIpc) is 3.48. The molecule has 3 aromatic rings. The number of sulfone groups is 1. The summed E-state index contributed by atoms with van der Waals surface area (Å²) in [5.74, 6) is 1.02. The number of halogens is 1. The molecule has 1 atom stereocenters. The van der Waals surface area contributed by atoms with Gasteiger partial charge in [-0.1, -0.05) is 23.7 Å². The van der Waals surface area contributed by atoms with E-state index in [1.165, 1.54) is 6.20 Å². The summed E-state index contributed by atoms with van der Waals surface area (Å²) in [4.78, 5) is 26.6. The number of fused-ring (bicyclic) bond motifs is 1. The molecule has 218 valence electrons. The minimum atomic E-state index is -3.56. The third-order valence-corrected chi connectivity index (χ3v) is 9.75. The number of para-hydroxylation sites is 1. The number of nitrogens with zero attached hydrogens (tertiary/aromatic N) is 4. The number of rotatable bonds is 9. The maximum absolute atomic E-state index is 13.4. The second-order valence-electron chi connectivity index (χ2n) is 11.0. The lowest BCUT2D eigenvalue weighted by molar-refractivity contribution is 0.0710. The van der Waals surface area contributed by atoms with Crippen LogP contribution < -0.4 is 15.4 Å².